The number of methoxy groups -OCH3 is 1. The summed E-state index contributed by atoms with van der Waals surface area (Å²) in [5.74, 6) is 0.943. The summed E-state index contributed by atoms with van der Waals surface area (Å²) in [5.41, 5.74) is 2.11. The first-order valence-electron chi connectivity index (χ1n) is 9.50. The Morgan fingerprint density at radius 1 is 1.13 bits per heavy atom. The highest BCUT2D eigenvalue weighted by Gasteiger charge is 2.16. The van der Waals surface area contributed by atoms with Gasteiger partial charge in [0, 0.05) is 22.8 Å². The van der Waals surface area contributed by atoms with E-state index in [0.717, 1.165) is 16.5 Å². The number of carbonyl (C=O) groups is 1. The second kappa shape index (κ2) is 8.66. The van der Waals surface area contributed by atoms with Crippen molar-refractivity contribution < 1.29 is 22.4 Å². The topological polar surface area (TPSA) is 113 Å². The number of H-pyrrole nitrogens is 1. The summed E-state index contributed by atoms with van der Waals surface area (Å²) in [5, 5.41) is 3.66. The van der Waals surface area contributed by atoms with Crippen molar-refractivity contribution in [1.82, 2.24) is 9.71 Å². The van der Waals surface area contributed by atoms with Crippen molar-refractivity contribution in [3.63, 3.8) is 0 Å². The molecule has 0 aliphatic carbocycles. The number of aromatic amines is 1. The van der Waals surface area contributed by atoms with Gasteiger partial charge < -0.3 is 19.5 Å². The van der Waals surface area contributed by atoms with Gasteiger partial charge in [0.25, 0.3) is 0 Å². The largest absolute Gasteiger partial charge is 0.497 e. The molecule has 0 saturated heterocycles. The molecule has 0 atom stereocenters. The predicted octanol–water partition coefficient (Wildman–Crippen LogP) is 3.43. The van der Waals surface area contributed by atoms with Crippen LogP contribution < -0.4 is 14.8 Å². The van der Waals surface area contributed by atoms with Crippen LogP contribution in [0.4, 0.5) is 5.69 Å². The molecule has 2 aromatic carbocycles. The van der Waals surface area contributed by atoms with Crippen molar-refractivity contribution in [3.05, 3.63) is 78.4 Å². The van der Waals surface area contributed by atoms with Crippen LogP contribution in [-0.4, -0.2) is 26.4 Å². The maximum Gasteiger partial charge on any atom is 0.241 e. The fraction of sp³-hybridized carbons (Fsp3) is 0.136. The van der Waals surface area contributed by atoms with Gasteiger partial charge in [0.2, 0.25) is 15.9 Å². The van der Waals surface area contributed by atoms with E-state index in [2.05, 4.69) is 15.0 Å². The van der Waals surface area contributed by atoms with Crippen molar-refractivity contribution in [3.8, 4) is 5.75 Å². The number of hydrogen-bond donors (Lipinski definition) is 3. The first-order chi connectivity index (χ1) is 14.9. The maximum atomic E-state index is 12.6. The highest BCUT2D eigenvalue weighted by molar-refractivity contribution is 7.89. The molecule has 0 aliphatic rings. The number of benzene rings is 2. The number of ether oxygens (including phenoxy) is 1. The number of rotatable bonds is 8. The van der Waals surface area contributed by atoms with Gasteiger partial charge in [-0.25, -0.2) is 13.1 Å². The molecule has 0 aliphatic heterocycles. The van der Waals surface area contributed by atoms with Crippen LogP contribution in [0.2, 0.25) is 0 Å². The molecule has 0 radical (unpaired) electrons. The van der Waals surface area contributed by atoms with Crippen LogP contribution in [0.25, 0.3) is 10.9 Å². The summed E-state index contributed by atoms with van der Waals surface area (Å²) in [7, 11) is -2.17. The predicted molar refractivity (Wildman–Crippen MR) is 116 cm³/mol. The van der Waals surface area contributed by atoms with Gasteiger partial charge in [-0.2, -0.15) is 0 Å². The third kappa shape index (κ3) is 4.79. The van der Waals surface area contributed by atoms with Gasteiger partial charge >= 0.3 is 0 Å². The van der Waals surface area contributed by atoms with E-state index in [1.165, 1.54) is 18.4 Å². The van der Waals surface area contributed by atoms with Crippen molar-refractivity contribution in [2.75, 3.05) is 12.4 Å². The lowest BCUT2D eigenvalue weighted by atomic mass is 10.1. The Morgan fingerprint density at radius 2 is 2.00 bits per heavy atom. The Morgan fingerprint density at radius 3 is 2.77 bits per heavy atom. The smallest absolute Gasteiger partial charge is 0.241 e. The quantitative estimate of drug-likeness (QED) is 0.389. The second-order valence-corrected chi connectivity index (χ2v) is 8.65. The SMILES string of the molecule is COc1ccc2[nH]cc(CC(=O)Nc3cccc(S(=O)(=O)NCc4ccco4)c3)c2c1. The highest BCUT2D eigenvalue weighted by Crippen LogP contribution is 2.24. The first kappa shape index (κ1) is 20.7. The Hall–Kier alpha value is -3.56. The standard InChI is InChI=1S/C22H21N3O5S/c1-29-17-7-8-21-20(12-17)15(13-23-21)10-22(26)25-16-4-2-6-19(11-16)31(27,28)24-14-18-5-3-9-30-18/h2-9,11-13,23-24H,10,14H2,1H3,(H,25,26). The third-order valence-corrected chi connectivity index (χ3v) is 6.17. The van der Waals surface area contributed by atoms with E-state index in [1.54, 1.807) is 37.6 Å². The van der Waals surface area contributed by atoms with E-state index in [-0.39, 0.29) is 23.8 Å². The zero-order valence-electron chi connectivity index (χ0n) is 16.7. The molecule has 2 aromatic heterocycles. The number of furan rings is 1. The Bertz CT molecular complexity index is 1310. The number of anilines is 1. The van der Waals surface area contributed by atoms with Gasteiger partial charge in [-0.15, -0.1) is 0 Å². The number of hydrogen-bond acceptors (Lipinski definition) is 5. The second-order valence-electron chi connectivity index (χ2n) is 6.88. The van der Waals surface area contributed by atoms with Gasteiger partial charge in [0.15, 0.2) is 0 Å². The van der Waals surface area contributed by atoms with Crippen LogP contribution in [0.5, 0.6) is 5.75 Å². The average molecular weight is 439 g/mol. The van der Waals surface area contributed by atoms with E-state index in [0.29, 0.717) is 17.2 Å². The molecule has 0 fully saturated rings. The summed E-state index contributed by atoms with van der Waals surface area (Å²) >= 11 is 0. The number of carbonyl (C=O) groups excluding carboxylic acids is 1. The molecule has 3 N–H and O–H groups in total. The summed E-state index contributed by atoms with van der Waals surface area (Å²) in [6, 6.07) is 15.1. The molecule has 0 unspecified atom stereocenters. The van der Waals surface area contributed by atoms with Crippen molar-refractivity contribution in [1.29, 1.82) is 0 Å². The number of fused-ring (bicyclic) bond motifs is 1. The minimum absolute atomic E-state index is 0.0376. The molecule has 9 heteroatoms. The van der Waals surface area contributed by atoms with Crippen LogP contribution in [0, 0.1) is 0 Å². The lowest BCUT2D eigenvalue weighted by molar-refractivity contribution is -0.115. The van der Waals surface area contributed by atoms with Crippen LogP contribution >= 0.6 is 0 Å². The van der Waals surface area contributed by atoms with E-state index < -0.39 is 10.0 Å². The molecule has 0 spiro atoms. The van der Waals surface area contributed by atoms with Gasteiger partial charge in [-0.05, 0) is 54.1 Å². The zero-order chi connectivity index (χ0) is 21.8. The van der Waals surface area contributed by atoms with Crippen LogP contribution in [0.1, 0.15) is 11.3 Å². The fourth-order valence-corrected chi connectivity index (χ4v) is 4.25. The monoisotopic (exact) mass is 439 g/mol. The number of nitrogens with one attached hydrogen (secondary N) is 3. The molecule has 4 aromatic rings. The van der Waals surface area contributed by atoms with Crippen LogP contribution in [0.3, 0.4) is 0 Å². The molecule has 0 saturated carbocycles. The molecule has 4 rings (SSSR count). The molecular weight excluding hydrogens is 418 g/mol. The lowest BCUT2D eigenvalue weighted by Crippen LogP contribution is -2.23. The molecular formula is C22H21N3O5S. The Kier molecular flexibility index (Phi) is 5.79. The summed E-state index contributed by atoms with van der Waals surface area (Å²) in [4.78, 5) is 15.8. The normalized spacial score (nSPS) is 11.5. The number of aromatic nitrogens is 1. The first-order valence-corrected chi connectivity index (χ1v) is 11.0. The number of sulfonamides is 1. The molecule has 8 nitrogen and oxygen atoms in total. The van der Waals surface area contributed by atoms with Gasteiger partial charge in [-0.1, -0.05) is 6.07 Å². The van der Waals surface area contributed by atoms with Gasteiger partial charge in [0.05, 0.1) is 31.2 Å². The van der Waals surface area contributed by atoms with Crippen LogP contribution in [0.15, 0.2) is 76.4 Å². The minimum Gasteiger partial charge on any atom is -0.497 e. The van der Waals surface area contributed by atoms with E-state index >= 15 is 0 Å². The minimum atomic E-state index is -3.76. The van der Waals surface area contributed by atoms with Crippen LogP contribution in [-0.2, 0) is 27.8 Å². The summed E-state index contributed by atoms with van der Waals surface area (Å²) < 4.78 is 38.0. The van der Waals surface area contributed by atoms with Gasteiger partial charge in [0.1, 0.15) is 11.5 Å². The fourth-order valence-electron chi connectivity index (χ4n) is 3.21. The van der Waals surface area contributed by atoms with Crippen molar-refractivity contribution >= 4 is 32.5 Å². The maximum absolute atomic E-state index is 12.6. The Balaban J connectivity index is 1.45. The summed E-state index contributed by atoms with van der Waals surface area (Å²) in [6.07, 6.45) is 3.38. The molecule has 0 bridgehead atoms. The molecule has 160 valence electrons. The average Bonchev–Trinajstić information content (AvgIpc) is 3.42. The highest BCUT2D eigenvalue weighted by atomic mass is 32.2. The van der Waals surface area contributed by atoms with E-state index in [1.807, 2.05) is 18.2 Å². The molecule has 31 heavy (non-hydrogen) atoms. The molecule has 2 heterocycles. The Labute approximate surface area is 179 Å². The van der Waals surface area contributed by atoms with E-state index in [9.17, 15) is 13.2 Å². The van der Waals surface area contributed by atoms with E-state index in [4.69, 9.17) is 9.15 Å². The summed E-state index contributed by atoms with van der Waals surface area (Å²) in [6.45, 7) is 0.0376. The zero-order valence-corrected chi connectivity index (χ0v) is 17.5. The third-order valence-electron chi connectivity index (χ3n) is 4.77. The van der Waals surface area contributed by atoms with Crippen molar-refractivity contribution in [2.24, 2.45) is 0 Å². The lowest BCUT2D eigenvalue weighted by Gasteiger charge is -2.09. The number of amides is 1. The van der Waals surface area contributed by atoms with Gasteiger partial charge in [-0.3, -0.25) is 4.79 Å². The molecule has 1 amide bonds. The van der Waals surface area contributed by atoms with Crippen molar-refractivity contribution in [2.45, 2.75) is 17.9 Å².